The lowest BCUT2D eigenvalue weighted by molar-refractivity contribution is -0.156. The average Bonchev–Trinajstić information content (AvgIpc) is 3.68. The molecule has 11 nitrogen and oxygen atoms in total. The van der Waals surface area contributed by atoms with Gasteiger partial charge < -0.3 is 25.9 Å². The molecule has 4 heterocycles. The van der Waals surface area contributed by atoms with Crippen molar-refractivity contribution in [2.45, 2.75) is 47.4 Å². The van der Waals surface area contributed by atoms with E-state index in [9.17, 15) is 24.3 Å². The van der Waals surface area contributed by atoms with E-state index in [0.717, 1.165) is 34.6 Å². The number of benzene rings is 1. The van der Waals surface area contributed by atoms with Gasteiger partial charge in [0.25, 0.3) is 5.91 Å². The molecule has 2 aliphatic heterocycles. The van der Waals surface area contributed by atoms with Gasteiger partial charge in [0.1, 0.15) is 28.6 Å². The van der Waals surface area contributed by atoms with Crippen LogP contribution in [0, 0.1) is 5.41 Å². The van der Waals surface area contributed by atoms with Crippen LogP contribution in [0.5, 0.6) is 0 Å². The van der Waals surface area contributed by atoms with Gasteiger partial charge in [0.15, 0.2) is 16.3 Å². The molecular formula is C28H27N5O6S4. The molecule has 15 heteroatoms. The Labute approximate surface area is 262 Å². The Morgan fingerprint density at radius 1 is 1.26 bits per heavy atom. The Bertz CT molecular complexity index is 1700. The van der Waals surface area contributed by atoms with Crippen LogP contribution < -0.4 is 16.5 Å². The second-order valence-electron chi connectivity index (χ2n) is 10.4. The molecule has 2 aromatic heterocycles. The molecule has 1 aliphatic carbocycles. The molecule has 0 bridgehead atoms. The van der Waals surface area contributed by atoms with Crippen LogP contribution in [0.1, 0.15) is 31.4 Å². The van der Waals surface area contributed by atoms with Crippen LogP contribution in [0.4, 0.5) is 5.13 Å². The van der Waals surface area contributed by atoms with E-state index >= 15 is 0 Å². The summed E-state index contributed by atoms with van der Waals surface area (Å²) in [6.45, 7) is -0.0371. The van der Waals surface area contributed by atoms with E-state index in [4.69, 9.17) is 10.6 Å². The van der Waals surface area contributed by atoms with Gasteiger partial charge in [-0.2, -0.15) is 0 Å². The number of rotatable bonds is 9. The maximum Gasteiger partial charge on any atom is 0.316 e. The maximum absolute atomic E-state index is 13.3. The number of anilines is 1. The zero-order chi connectivity index (χ0) is 30.1. The smallest absolute Gasteiger partial charge is 0.316 e. The van der Waals surface area contributed by atoms with Crippen molar-refractivity contribution in [3.05, 3.63) is 63.1 Å². The number of aliphatic carboxylic acids is 1. The van der Waals surface area contributed by atoms with E-state index in [1.54, 1.807) is 29.0 Å². The minimum Gasteiger partial charge on any atom is -0.481 e. The van der Waals surface area contributed by atoms with Gasteiger partial charge in [0.2, 0.25) is 5.91 Å². The fourth-order valence-corrected chi connectivity index (χ4v) is 9.34. The van der Waals surface area contributed by atoms with Crippen LogP contribution in [0.2, 0.25) is 0 Å². The van der Waals surface area contributed by atoms with Crippen molar-refractivity contribution in [1.82, 2.24) is 15.2 Å². The van der Waals surface area contributed by atoms with Gasteiger partial charge in [-0.05, 0) is 43.2 Å². The number of nitrogen functional groups attached to an aromatic ring is 1. The first-order valence-corrected chi connectivity index (χ1v) is 17.2. The summed E-state index contributed by atoms with van der Waals surface area (Å²) in [6, 6.07) is 8.04. The van der Waals surface area contributed by atoms with Crippen molar-refractivity contribution < 1.29 is 24.3 Å². The Morgan fingerprint density at radius 2 is 2.05 bits per heavy atom. The second-order valence-corrected chi connectivity index (χ2v) is 14.7. The molecule has 3 aliphatic rings. The van der Waals surface area contributed by atoms with E-state index < -0.39 is 28.7 Å². The SMILES string of the molecule is Nc1nc(C(=NOC2CCCC2)C(=O)NC2C(=O)N3CC(C=CSc4cc(=O)c5ccccc5s4)(C(=O)O)CS[C@H]23)cs1. The van der Waals surface area contributed by atoms with Gasteiger partial charge in [-0.15, -0.1) is 34.4 Å². The number of carbonyl (C=O) groups excluding carboxylic acids is 2. The van der Waals surface area contributed by atoms with Crippen molar-refractivity contribution >= 4 is 84.9 Å². The molecule has 4 N–H and O–H groups in total. The highest BCUT2D eigenvalue weighted by atomic mass is 32.2. The van der Waals surface area contributed by atoms with Crippen LogP contribution >= 0.6 is 46.2 Å². The van der Waals surface area contributed by atoms with Crippen LogP contribution in [0.3, 0.4) is 0 Å². The lowest BCUT2D eigenvalue weighted by Gasteiger charge is -2.53. The summed E-state index contributed by atoms with van der Waals surface area (Å²) in [5, 5.41) is 20.8. The number of hydrogen-bond donors (Lipinski definition) is 3. The Morgan fingerprint density at radius 3 is 2.79 bits per heavy atom. The number of amides is 2. The summed E-state index contributed by atoms with van der Waals surface area (Å²) in [5.41, 5.74) is 4.58. The maximum atomic E-state index is 13.3. The number of fused-ring (bicyclic) bond motifs is 2. The van der Waals surface area contributed by atoms with Crippen molar-refractivity contribution in [1.29, 1.82) is 0 Å². The highest BCUT2D eigenvalue weighted by Gasteiger charge is 2.57. The summed E-state index contributed by atoms with van der Waals surface area (Å²) in [4.78, 5) is 62.6. The summed E-state index contributed by atoms with van der Waals surface area (Å²) in [7, 11) is 0. The summed E-state index contributed by atoms with van der Waals surface area (Å²) in [6.07, 6.45) is 5.29. The Balaban J connectivity index is 1.13. The van der Waals surface area contributed by atoms with E-state index in [-0.39, 0.29) is 46.3 Å². The molecule has 1 saturated carbocycles. The fraction of sp³-hybridized carbons (Fsp3) is 0.357. The number of thiazole rings is 1. The summed E-state index contributed by atoms with van der Waals surface area (Å²) < 4.78 is 1.59. The number of carboxylic acids is 1. The number of oxime groups is 1. The number of thioether (sulfide) groups is 2. The van der Waals surface area contributed by atoms with Gasteiger partial charge in [0.05, 0.1) is 4.21 Å². The number of carboxylic acid groups (broad SMARTS) is 1. The van der Waals surface area contributed by atoms with Crippen molar-refractivity contribution in [3.63, 3.8) is 0 Å². The van der Waals surface area contributed by atoms with Crippen molar-refractivity contribution in [3.8, 4) is 0 Å². The second kappa shape index (κ2) is 12.3. The number of nitrogens with one attached hydrogen (secondary N) is 1. The number of nitrogens with zero attached hydrogens (tertiary/aromatic N) is 3. The topological polar surface area (TPSA) is 164 Å². The quantitative estimate of drug-likeness (QED) is 0.134. The Hall–Kier alpha value is -3.40. The first-order chi connectivity index (χ1) is 20.7. The van der Waals surface area contributed by atoms with Crippen LogP contribution in [-0.4, -0.2) is 68.3 Å². The zero-order valence-electron chi connectivity index (χ0n) is 22.6. The number of nitrogens with two attached hydrogens (primary N) is 1. The molecule has 0 radical (unpaired) electrons. The van der Waals surface area contributed by atoms with Gasteiger partial charge in [-0.3, -0.25) is 19.2 Å². The summed E-state index contributed by atoms with van der Waals surface area (Å²) >= 11 is 5.18. The molecule has 2 unspecified atom stereocenters. The molecule has 1 aromatic carbocycles. The highest BCUT2D eigenvalue weighted by Crippen LogP contribution is 2.43. The van der Waals surface area contributed by atoms with Gasteiger partial charge in [0, 0.05) is 33.8 Å². The number of aromatic nitrogens is 1. The molecule has 6 rings (SSSR count). The number of carbonyl (C=O) groups is 3. The molecule has 3 aromatic rings. The third kappa shape index (κ3) is 6.03. The molecule has 2 saturated heterocycles. The molecular weight excluding hydrogens is 631 g/mol. The predicted octanol–water partition coefficient (Wildman–Crippen LogP) is 3.74. The molecule has 3 fully saturated rings. The lowest BCUT2D eigenvalue weighted by Crippen LogP contribution is -2.73. The molecule has 43 heavy (non-hydrogen) atoms. The minimum atomic E-state index is -1.32. The standard InChI is InChI=1S/C28H27N5O6S4/c29-27-30-17(12-41-27)21(32-39-15-5-1-2-6-15)23(35)31-22-24(36)33-13-28(26(37)38,14-42-25(22)33)9-10-40-20-11-18(34)16-7-3-4-8-19(16)43-20/h3-4,7-12,15,22,25H,1-2,5-6,13-14H2,(H2,29,30)(H,31,35)(H,37,38)/t22?,25-,28?/m1/s1. The first-order valence-electron chi connectivity index (χ1n) is 13.5. The van der Waals surface area contributed by atoms with Gasteiger partial charge >= 0.3 is 5.97 Å². The number of β-lactam (4-membered cyclic amide) rings is 1. The molecule has 2 amide bonds. The number of hydrogen-bond acceptors (Lipinski definition) is 12. The largest absolute Gasteiger partial charge is 0.481 e. The van der Waals surface area contributed by atoms with Gasteiger partial charge in [-0.25, -0.2) is 4.98 Å². The van der Waals surface area contributed by atoms with Crippen molar-refractivity contribution in [2.75, 3.05) is 18.0 Å². The Kier molecular flexibility index (Phi) is 8.49. The van der Waals surface area contributed by atoms with Gasteiger partial charge in [-0.1, -0.05) is 35.1 Å². The van der Waals surface area contributed by atoms with Crippen molar-refractivity contribution in [2.24, 2.45) is 10.6 Å². The average molecular weight is 658 g/mol. The van der Waals surface area contributed by atoms with E-state index in [1.807, 2.05) is 18.2 Å². The molecule has 224 valence electrons. The third-order valence-corrected chi connectivity index (χ3v) is 11.9. The van der Waals surface area contributed by atoms with Crippen LogP contribution in [0.15, 0.2) is 61.4 Å². The predicted molar refractivity (Wildman–Crippen MR) is 169 cm³/mol. The van der Waals surface area contributed by atoms with E-state index in [2.05, 4.69) is 15.5 Å². The highest BCUT2D eigenvalue weighted by molar-refractivity contribution is 8.04. The lowest BCUT2D eigenvalue weighted by atomic mass is 9.87. The molecule has 3 atom stereocenters. The van der Waals surface area contributed by atoms with Crippen LogP contribution in [0.25, 0.3) is 10.1 Å². The fourth-order valence-electron chi connectivity index (χ4n) is 5.20. The summed E-state index contributed by atoms with van der Waals surface area (Å²) in [5.74, 6) is -1.84. The third-order valence-electron chi connectivity index (χ3n) is 7.58. The van der Waals surface area contributed by atoms with E-state index in [1.165, 1.54) is 51.1 Å². The molecule has 0 spiro atoms. The minimum absolute atomic E-state index is 0.0371. The zero-order valence-corrected chi connectivity index (χ0v) is 25.9. The van der Waals surface area contributed by atoms with E-state index in [0.29, 0.717) is 5.39 Å². The first kappa shape index (κ1) is 29.7. The van der Waals surface area contributed by atoms with Crippen LogP contribution in [-0.2, 0) is 19.2 Å². The normalized spacial score (nSPS) is 24.2. The monoisotopic (exact) mass is 657 g/mol.